The molecule has 4 N–H and O–H groups in total. The highest BCUT2D eigenvalue weighted by atomic mass is 16.4. The lowest BCUT2D eigenvalue weighted by atomic mass is 10.0. The normalized spacial score (nSPS) is 24.0. The van der Waals surface area contributed by atoms with Gasteiger partial charge in [-0.1, -0.05) is 31.5 Å². The van der Waals surface area contributed by atoms with Crippen LogP contribution < -0.4 is 11.1 Å². The second kappa shape index (κ2) is 4.91. The third-order valence-corrected chi connectivity index (χ3v) is 4.54. The lowest BCUT2D eigenvalue weighted by Gasteiger charge is -2.17. The summed E-state index contributed by atoms with van der Waals surface area (Å²) in [6.07, 6.45) is 3.23. The number of hydrogen-bond acceptors (Lipinski definition) is 4. The SMILES string of the molecule is CCC1CC1(CNc1c(N)cnc2ccccc12)C(=O)O. The number of carboxylic acid groups (broad SMARTS) is 1. The van der Waals surface area contributed by atoms with Gasteiger partial charge in [0.25, 0.3) is 0 Å². The molecule has 1 heterocycles. The van der Waals surface area contributed by atoms with E-state index in [4.69, 9.17) is 5.73 Å². The fourth-order valence-corrected chi connectivity index (χ4v) is 3.07. The molecule has 1 aromatic carbocycles. The summed E-state index contributed by atoms with van der Waals surface area (Å²) in [7, 11) is 0. The summed E-state index contributed by atoms with van der Waals surface area (Å²) in [4.78, 5) is 15.8. The van der Waals surface area contributed by atoms with Crippen molar-refractivity contribution in [1.29, 1.82) is 0 Å². The molecule has 2 atom stereocenters. The van der Waals surface area contributed by atoms with Crippen LogP contribution in [0.2, 0.25) is 0 Å². The van der Waals surface area contributed by atoms with Gasteiger partial charge < -0.3 is 16.2 Å². The first-order valence-corrected chi connectivity index (χ1v) is 7.19. The maximum absolute atomic E-state index is 11.5. The van der Waals surface area contributed by atoms with E-state index in [1.54, 1.807) is 6.20 Å². The van der Waals surface area contributed by atoms with Gasteiger partial charge in [0.15, 0.2) is 0 Å². The molecular weight excluding hydrogens is 266 g/mol. The van der Waals surface area contributed by atoms with Crippen LogP contribution in [0.5, 0.6) is 0 Å². The second-order valence-electron chi connectivity index (χ2n) is 5.73. The number of carbonyl (C=O) groups is 1. The van der Waals surface area contributed by atoms with Crippen molar-refractivity contribution in [3.05, 3.63) is 30.5 Å². The number of para-hydroxylation sites is 1. The minimum atomic E-state index is -0.723. The average molecular weight is 285 g/mol. The number of aliphatic carboxylic acids is 1. The monoisotopic (exact) mass is 285 g/mol. The Bertz CT molecular complexity index is 701. The zero-order valence-electron chi connectivity index (χ0n) is 12.0. The molecule has 1 aromatic heterocycles. The van der Waals surface area contributed by atoms with E-state index >= 15 is 0 Å². The number of nitrogens with two attached hydrogens (primary N) is 1. The predicted octanol–water partition coefficient (Wildman–Crippen LogP) is 2.73. The quantitative estimate of drug-likeness (QED) is 0.786. The molecule has 0 bridgehead atoms. The number of carboxylic acids is 1. The van der Waals surface area contributed by atoms with Crippen molar-refractivity contribution in [3.63, 3.8) is 0 Å². The Morgan fingerprint density at radius 1 is 1.52 bits per heavy atom. The maximum Gasteiger partial charge on any atom is 0.311 e. The summed E-state index contributed by atoms with van der Waals surface area (Å²) in [6.45, 7) is 2.44. The first kappa shape index (κ1) is 13.7. The summed E-state index contributed by atoms with van der Waals surface area (Å²) < 4.78 is 0. The highest BCUT2D eigenvalue weighted by molar-refractivity contribution is 5.97. The lowest BCUT2D eigenvalue weighted by Crippen LogP contribution is -2.27. The van der Waals surface area contributed by atoms with E-state index in [0.29, 0.717) is 12.2 Å². The molecular formula is C16H19N3O2. The molecule has 2 aromatic rings. The Hall–Kier alpha value is -2.30. The van der Waals surface area contributed by atoms with Crippen molar-refractivity contribution in [3.8, 4) is 0 Å². The van der Waals surface area contributed by atoms with Gasteiger partial charge in [-0.25, -0.2) is 0 Å². The number of pyridine rings is 1. The van der Waals surface area contributed by atoms with Crippen LogP contribution in [-0.4, -0.2) is 22.6 Å². The largest absolute Gasteiger partial charge is 0.481 e. The second-order valence-corrected chi connectivity index (χ2v) is 5.73. The molecule has 21 heavy (non-hydrogen) atoms. The highest BCUT2D eigenvalue weighted by Gasteiger charge is 2.59. The fourth-order valence-electron chi connectivity index (χ4n) is 3.07. The van der Waals surface area contributed by atoms with Gasteiger partial charge in [-0.15, -0.1) is 0 Å². The fraction of sp³-hybridized carbons (Fsp3) is 0.375. The van der Waals surface area contributed by atoms with E-state index in [1.807, 2.05) is 31.2 Å². The maximum atomic E-state index is 11.5. The molecule has 0 amide bonds. The third kappa shape index (κ3) is 2.18. The van der Waals surface area contributed by atoms with Crippen molar-refractivity contribution in [2.45, 2.75) is 19.8 Å². The predicted molar refractivity (Wildman–Crippen MR) is 83.1 cm³/mol. The molecule has 0 radical (unpaired) electrons. The van der Waals surface area contributed by atoms with Crippen molar-refractivity contribution in [1.82, 2.24) is 4.98 Å². The Morgan fingerprint density at radius 2 is 2.29 bits per heavy atom. The van der Waals surface area contributed by atoms with Crippen LogP contribution in [0.25, 0.3) is 10.9 Å². The number of fused-ring (bicyclic) bond motifs is 1. The van der Waals surface area contributed by atoms with Gasteiger partial charge >= 0.3 is 5.97 Å². The van der Waals surface area contributed by atoms with E-state index < -0.39 is 11.4 Å². The first-order valence-electron chi connectivity index (χ1n) is 7.19. The van der Waals surface area contributed by atoms with Gasteiger partial charge in [-0.05, 0) is 18.4 Å². The topological polar surface area (TPSA) is 88.2 Å². The van der Waals surface area contributed by atoms with Crippen LogP contribution in [-0.2, 0) is 4.79 Å². The number of nitrogens with zero attached hydrogens (tertiary/aromatic N) is 1. The van der Waals surface area contributed by atoms with Gasteiger partial charge in [0.1, 0.15) is 0 Å². The average Bonchev–Trinajstić information content (AvgIpc) is 3.21. The highest BCUT2D eigenvalue weighted by Crippen LogP contribution is 2.54. The molecule has 2 unspecified atom stereocenters. The molecule has 1 aliphatic carbocycles. The summed E-state index contributed by atoms with van der Waals surface area (Å²) in [5, 5.41) is 13.7. The first-order chi connectivity index (χ1) is 10.1. The van der Waals surface area contributed by atoms with E-state index in [1.165, 1.54) is 0 Å². The van der Waals surface area contributed by atoms with Crippen molar-refractivity contribution in [2.24, 2.45) is 11.3 Å². The Kier molecular flexibility index (Phi) is 3.20. The van der Waals surface area contributed by atoms with E-state index in [-0.39, 0.29) is 5.92 Å². The van der Waals surface area contributed by atoms with E-state index in [9.17, 15) is 9.90 Å². The summed E-state index contributed by atoms with van der Waals surface area (Å²) >= 11 is 0. The van der Waals surface area contributed by atoms with Crippen LogP contribution >= 0.6 is 0 Å². The zero-order valence-corrected chi connectivity index (χ0v) is 12.0. The van der Waals surface area contributed by atoms with Gasteiger partial charge in [-0.3, -0.25) is 9.78 Å². The van der Waals surface area contributed by atoms with Gasteiger partial charge in [-0.2, -0.15) is 0 Å². The van der Waals surface area contributed by atoms with Crippen molar-refractivity contribution >= 4 is 28.2 Å². The number of nitrogens with one attached hydrogen (secondary N) is 1. The summed E-state index contributed by atoms with van der Waals surface area (Å²) in [5.74, 6) is -0.476. The van der Waals surface area contributed by atoms with E-state index in [2.05, 4.69) is 10.3 Å². The molecule has 5 nitrogen and oxygen atoms in total. The molecule has 5 heteroatoms. The smallest absolute Gasteiger partial charge is 0.311 e. The molecule has 3 rings (SSSR count). The molecule has 1 aliphatic rings. The standard InChI is InChI=1S/C16H19N3O2/c1-2-10-7-16(10,15(20)21)9-19-14-11-5-3-4-6-13(11)18-8-12(14)17/h3-6,8,10H,2,7,9,17H2,1H3,(H,18,19)(H,20,21). The number of anilines is 2. The van der Waals surface area contributed by atoms with Crippen LogP contribution in [0.3, 0.4) is 0 Å². The van der Waals surface area contributed by atoms with Crippen LogP contribution in [0.15, 0.2) is 30.5 Å². The van der Waals surface area contributed by atoms with Crippen molar-refractivity contribution < 1.29 is 9.90 Å². The molecule has 0 saturated heterocycles. The molecule has 110 valence electrons. The molecule has 1 saturated carbocycles. The van der Waals surface area contributed by atoms with Crippen LogP contribution in [0.1, 0.15) is 19.8 Å². The number of nitrogen functional groups attached to an aromatic ring is 1. The number of rotatable bonds is 5. The van der Waals surface area contributed by atoms with E-state index in [0.717, 1.165) is 29.4 Å². The van der Waals surface area contributed by atoms with Crippen LogP contribution in [0, 0.1) is 11.3 Å². The number of aromatic nitrogens is 1. The summed E-state index contributed by atoms with van der Waals surface area (Å²) in [6, 6.07) is 7.70. The van der Waals surface area contributed by atoms with Crippen molar-refractivity contribution in [2.75, 3.05) is 17.6 Å². The van der Waals surface area contributed by atoms with Crippen LogP contribution in [0.4, 0.5) is 11.4 Å². The molecule has 1 fully saturated rings. The summed E-state index contributed by atoms with van der Waals surface area (Å²) in [5.41, 5.74) is 7.53. The minimum absolute atomic E-state index is 0.247. The van der Waals surface area contributed by atoms with Gasteiger partial charge in [0.05, 0.1) is 28.5 Å². The lowest BCUT2D eigenvalue weighted by molar-refractivity contribution is -0.143. The molecule has 0 spiro atoms. The third-order valence-electron chi connectivity index (χ3n) is 4.54. The number of hydrogen-bond donors (Lipinski definition) is 3. The zero-order chi connectivity index (χ0) is 15.0. The Balaban J connectivity index is 1.89. The molecule has 0 aliphatic heterocycles. The Labute approximate surface area is 123 Å². The van der Waals surface area contributed by atoms with Gasteiger partial charge in [0, 0.05) is 11.9 Å². The van der Waals surface area contributed by atoms with Gasteiger partial charge in [0.2, 0.25) is 0 Å². The number of benzene rings is 1. The Morgan fingerprint density at radius 3 is 2.95 bits per heavy atom. The minimum Gasteiger partial charge on any atom is -0.481 e.